The molecule has 1 N–H and O–H groups in total. The minimum absolute atomic E-state index is 0.0819. The first-order valence-corrected chi connectivity index (χ1v) is 8.53. The Morgan fingerprint density at radius 2 is 1.81 bits per heavy atom. The Bertz CT molecular complexity index is 1000. The van der Waals surface area contributed by atoms with Crippen molar-refractivity contribution >= 4 is 22.5 Å². The summed E-state index contributed by atoms with van der Waals surface area (Å²) in [4.78, 5) is 24.7. The van der Waals surface area contributed by atoms with E-state index in [2.05, 4.69) is 5.32 Å². The molecule has 3 aromatic rings. The van der Waals surface area contributed by atoms with Gasteiger partial charge in [0.05, 0.1) is 12.6 Å². The van der Waals surface area contributed by atoms with Crippen LogP contribution in [0, 0.1) is 13.8 Å². The number of aryl methyl sites for hydroxylation is 3. The maximum absolute atomic E-state index is 12.5. The van der Waals surface area contributed by atoms with Crippen molar-refractivity contribution in [3.63, 3.8) is 0 Å². The van der Waals surface area contributed by atoms with E-state index in [1.807, 2.05) is 32.0 Å². The van der Waals surface area contributed by atoms with Gasteiger partial charge in [0, 0.05) is 30.1 Å². The first-order chi connectivity index (χ1) is 12.5. The lowest BCUT2D eigenvalue weighted by Gasteiger charge is -2.14. The van der Waals surface area contributed by atoms with Gasteiger partial charge >= 0.3 is 0 Å². The Labute approximate surface area is 152 Å². The quantitative estimate of drug-likeness (QED) is 0.764. The number of carbonyl (C=O) groups is 1. The van der Waals surface area contributed by atoms with Gasteiger partial charge in [-0.1, -0.05) is 18.2 Å². The smallest absolute Gasteiger partial charge is 0.251 e. The summed E-state index contributed by atoms with van der Waals surface area (Å²) in [5.74, 6) is 0.598. The van der Waals surface area contributed by atoms with Gasteiger partial charge in [-0.3, -0.25) is 9.59 Å². The number of benzene rings is 2. The zero-order chi connectivity index (χ0) is 18.7. The second-order valence-corrected chi connectivity index (χ2v) is 6.31. The van der Waals surface area contributed by atoms with Crippen LogP contribution in [0.5, 0.6) is 5.75 Å². The summed E-state index contributed by atoms with van der Waals surface area (Å²) in [6.07, 6.45) is 0.221. The predicted octanol–water partition coefficient (Wildman–Crippen LogP) is 3.66. The van der Waals surface area contributed by atoms with Crippen LogP contribution in [0.15, 0.2) is 53.3 Å². The van der Waals surface area contributed by atoms with Crippen LogP contribution in [-0.4, -0.2) is 17.6 Å². The Morgan fingerprint density at radius 1 is 1.08 bits per heavy atom. The van der Waals surface area contributed by atoms with Gasteiger partial charge in [0.1, 0.15) is 5.75 Å². The fourth-order valence-electron chi connectivity index (χ4n) is 3.12. The Morgan fingerprint density at radius 3 is 2.50 bits per heavy atom. The van der Waals surface area contributed by atoms with Gasteiger partial charge in [0.15, 0.2) is 0 Å². The number of anilines is 1. The molecular formula is C21H22N2O3. The maximum atomic E-state index is 12.5. The van der Waals surface area contributed by atoms with E-state index in [-0.39, 0.29) is 17.9 Å². The lowest BCUT2D eigenvalue weighted by molar-refractivity contribution is -0.116. The molecule has 1 heterocycles. The largest absolute Gasteiger partial charge is 0.497 e. The molecule has 0 unspecified atom stereocenters. The van der Waals surface area contributed by atoms with E-state index >= 15 is 0 Å². The zero-order valence-corrected chi connectivity index (χ0v) is 15.2. The highest BCUT2D eigenvalue weighted by Gasteiger charge is 2.10. The lowest BCUT2D eigenvalue weighted by atomic mass is 10.1. The van der Waals surface area contributed by atoms with E-state index < -0.39 is 0 Å². The molecule has 2 aromatic carbocycles. The third-order valence-electron chi connectivity index (χ3n) is 4.47. The molecule has 3 rings (SSSR count). The summed E-state index contributed by atoms with van der Waals surface area (Å²) in [5.41, 5.74) is 3.50. The van der Waals surface area contributed by atoms with Crippen molar-refractivity contribution in [2.45, 2.75) is 26.8 Å². The van der Waals surface area contributed by atoms with Crippen molar-refractivity contribution in [3.05, 3.63) is 70.0 Å². The van der Waals surface area contributed by atoms with E-state index in [0.29, 0.717) is 12.2 Å². The first kappa shape index (κ1) is 17.7. The molecule has 0 radical (unpaired) electrons. The molecule has 0 spiro atoms. The van der Waals surface area contributed by atoms with E-state index in [1.165, 1.54) is 0 Å². The van der Waals surface area contributed by atoms with Gasteiger partial charge in [-0.2, -0.15) is 0 Å². The Kier molecular flexibility index (Phi) is 5.07. The minimum atomic E-state index is -0.135. The first-order valence-electron chi connectivity index (χ1n) is 8.53. The second kappa shape index (κ2) is 7.44. The fourth-order valence-corrected chi connectivity index (χ4v) is 3.12. The molecule has 0 saturated heterocycles. The molecule has 5 heteroatoms. The van der Waals surface area contributed by atoms with Gasteiger partial charge in [0.25, 0.3) is 5.56 Å². The number of ether oxygens (including phenoxy) is 1. The van der Waals surface area contributed by atoms with Crippen molar-refractivity contribution in [2.75, 3.05) is 12.4 Å². The number of pyridine rings is 1. The zero-order valence-electron chi connectivity index (χ0n) is 15.2. The highest BCUT2D eigenvalue weighted by molar-refractivity contribution is 5.91. The highest BCUT2D eigenvalue weighted by atomic mass is 16.5. The van der Waals surface area contributed by atoms with E-state index in [9.17, 15) is 9.59 Å². The number of para-hydroxylation sites is 1. The molecule has 26 heavy (non-hydrogen) atoms. The summed E-state index contributed by atoms with van der Waals surface area (Å²) in [5, 5.41) is 3.89. The van der Waals surface area contributed by atoms with Crippen molar-refractivity contribution < 1.29 is 9.53 Å². The van der Waals surface area contributed by atoms with Crippen molar-refractivity contribution in [1.29, 1.82) is 0 Å². The molecular weight excluding hydrogens is 328 g/mol. The van der Waals surface area contributed by atoms with E-state index in [4.69, 9.17) is 4.74 Å². The minimum Gasteiger partial charge on any atom is -0.497 e. The summed E-state index contributed by atoms with van der Waals surface area (Å²) < 4.78 is 6.79. The van der Waals surface area contributed by atoms with Crippen LogP contribution in [-0.2, 0) is 11.3 Å². The predicted molar refractivity (Wildman–Crippen MR) is 104 cm³/mol. The molecule has 1 aromatic heterocycles. The molecule has 1 amide bonds. The third-order valence-corrected chi connectivity index (χ3v) is 4.47. The summed E-state index contributed by atoms with van der Waals surface area (Å²) in [6, 6.07) is 14.7. The maximum Gasteiger partial charge on any atom is 0.251 e. The van der Waals surface area contributed by atoms with Gasteiger partial charge in [0.2, 0.25) is 5.91 Å². The number of amides is 1. The summed E-state index contributed by atoms with van der Waals surface area (Å²) in [7, 11) is 1.60. The Balaban J connectivity index is 1.79. The molecule has 5 nitrogen and oxygen atoms in total. The van der Waals surface area contributed by atoms with E-state index in [0.717, 1.165) is 27.8 Å². The summed E-state index contributed by atoms with van der Waals surface area (Å²) >= 11 is 0. The number of carbonyl (C=O) groups excluding carboxylic acids is 1. The molecule has 0 fully saturated rings. The number of hydrogen-bond donors (Lipinski definition) is 1. The number of aromatic nitrogens is 1. The number of rotatable bonds is 5. The van der Waals surface area contributed by atoms with Crippen molar-refractivity contribution in [2.24, 2.45) is 0 Å². The normalized spacial score (nSPS) is 10.7. The van der Waals surface area contributed by atoms with Gasteiger partial charge in [-0.25, -0.2) is 0 Å². The second-order valence-electron chi connectivity index (χ2n) is 6.31. The van der Waals surface area contributed by atoms with Crippen LogP contribution in [0.4, 0.5) is 5.69 Å². The van der Waals surface area contributed by atoms with Crippen molar-refractivity contribution in [3.8, 4) is 5.75 Å². The molecule has 134 valence electrons. The highest BCUT2D eigenvalue weighted by Crippen LogP contribution is 2.20. The molecule has 0 aliphatic carbocycles. The van der Waals surface area contributed by atoms with E-state index in [1.54, 1.807) is 42.0 Å². The monoisotopic (exact) mass is 350 g/mol. The Hall–Kier alpha value is -3.08. The molecule has 0 bridgehead atoms. The standard InChI is InChI=1S/C21H22N2O3/c1-14-5-4-6-18-15(2)13-20(25)23(21(14)18)12-11-19(24)22-16-7-9-17(26-3)10-8-16/h4-10,13H,11-12H2,1-3H3,(H,22,24). The number of methoxy groups -OCH3 is 1. The number of hydrogen-bond acceptors (Lipinski definition) is 3. The average molecular weight is 350 g/mol. The average Bonchev–Trinajstić information content (AvgIpc) is 2.62. The van der Waals surface area contributed by atoms with Crippen LogP contribution in [0.25, 0.3) is 10.9 Å². The molecule has 0 aliphatic heterocycles. The number of nitrogens with one attached hydrogen (secondary N) is 1. The van der Waals surface area contributed by atoms with Crippen LogP contribution in [0.2, 0.25) is 0 Å². The fraction of sp³-hybridized carbons (Fsp3) is 0.238. The van der Waals surface area contributed by atoms with Gasteiger partial charge in [-0.15, -0.1) is 0 Å². The SMILES string of the molecule is COc1ccc(NC(=O)CCn2c(=O)cc(C)c3cccc(C)c32)cc1. The molecule has 0 atom stereocenters. The van der Waals surface area contributed by atoms with Crippen LogP contribution in [0.1, 0.15) is 17.5 Å². The van der Waals surface area contributed by atoms with Crippen molar-refractivity contribution in [1.82, 2.24) is 4.57 Å². The van der Waals surface area contributed by atoms with Crippen LogP contribution < -0.4 is 15.6 Å². The molecule has 0 aliphatic rings. The van der Waals surface area contributed by atoms with Crippen LogP contribution in [0.3, 0.4) is 0 Å². The number of fused-ring (bicyclic) bond motifs is 1. The summed E-state index contributed by atoms with van der Waals surface area (Å²) in [6.45, 7) is 4.25. The lowest BCUT2D eigenvalue weighted by Crippen LogP contribution is -2.24. The van der Waals surface area contributed by atoms with Gasteiger partial charge < -0.3 is 14.6 Å². The number of nitrogens with zero attached hydrogens (tertiary/aromatic N) is 1. The van der Waals surface area contributed by atoms with Crippen LogP contribution >= 0.6 is 0 Å². The topological polar surface area (TPSA) is 60.3 Å². The van der Waals surface area contributed by atoms with Gasteiger partial charge in [-0.05, 0) is 49.2 Å². The third kappa shape index (κ3) is 3.61. The molecule has 0 saturated carbocycles.